The van der Waals surface area contributed by atoms with Crippen molar-refractivity contribution < 1.29 is 4.79 Å². The number of aromatic nitrogens is 2. The van der Waals surface area contributed by atoms with E-state index < -0.39 is 0 Å². The molecule has 2 amide bonds. The molecule has 5 rings (SSSR count). The quantitative estimate of drug-likeness (QED) is 0.759. The topological polar surface area (TPSA) is 53.4 Å². The summed E-state index contributed by atoms with van der Waals surface area (Å²) in [6.07, 6.45) is 5.80. The number of piperidine rings is 1. The molecule has 0 saturated carbocycles. The SMILES string of the molecule is O=C(Nc1ccc(-n2ncc3ccccc32)cc1)N1CC(N2CCCCC2)C1. The molecule has 3 heterocycles. The number of carbonyl (C=O) groups is 1. The minimum Gasteiger partial charge on any atom is -0.321 e. The molecular formula is C22H25N5O. The van der Waals surface area contributed by atoms with Crippen molar-refractivity contribution in [3.05, 3.63) is 54.7 Å². The van der Waals surface area contributed by atoms with Gasteiger partial charge in [-0.15, -0.1) is 0 Å². The lowest BCUT2D eigenvalue weighted by Gasteiger charge is -2.46. The van der Waals surface area contributed by atoms with E-state index in [-0.39, 0.29) is 6.03 Å². The summed E-state index contributed by atoms with van der Waals surface area (Å²) in [4.78, 5) is 16.9. The van der Waals surface area contributed by atoms with E-state index in [0.29, 0.717) is 6.04 Å². The first-order valence-corrected chi connectivity index (χ1v) is 10.1. The van der Waals surface area contributed by atoms with Crippen LogP contribution in [0, 0.1) is 0 Å². The highest BCUT2D eigenvalue weighted by Gasteiger charge is 2.35. The number of carbonyl (C=O) groups excluding carboxylic acids is 1. The van der Waals surface area contributed by atoms with Crippen LogP contribution in [0.15, 0.2) is 54.7 Å². The van der Waals surface area contributed by atoms with E-state index in [1.165, 1.54) is 32.4 Å². The van der Waals surface area contributed by atoms with Crippen molar-refractivity contribution in [2.75, 3.05) is 31.5 Å². The van der Waals surface area contributed by atoms with E-state index in [0.717, 1.165) is 35.4 Å². The summed E-state index contributed by atoms with van der Waals surface area (Å²) in [5.74, 6) is 0. The summed E-state index contributed by atoms with van der Waals surface area (Å²) in [7, 11) is 0. The van der Waals surface area contributed by atoms with E-state index in [1.807, 2.05) is 52.2 Å². The van der Waals surface area contributed by atoms with Gasteiger partial charge in [0.25, 0.3) is 0 Å². The Morgan fingerprint density at radius 1 is 0.964 bits per heavy atom. The van der Waals surface area contributed by atoms with Crippen molar-refractivity contribution in [1.29, 1.82) is 0 Å². The number of nitrogens with one attached hydrogen (secondary N) is 1. The number of anilines is 1. The molecule has 2 fully saturated rings. The van der Waals surface area contributed by atoms with Gasteiger partial charge in [-0.2, -0.15) is 5.10 Å². The molecule has 2 saturated heterocycles. The van der Waals surface area contributed by atoms with Crippen molar-refractivity contribution in [2.24, 2.45) is 0 Å². The van der Waals surface area contributed by atoms with E-state index >= 15 is 0 Å². The van der Waals surface area contributed by atoms with Gasteiger partial charge in [0.1, 0.15) is 0 Å². The molecule has 1 N–H and O–H groups in total. The van der Waals surface area contributed by atoms with Gasteiger partial charge in [-0.05, 0) is 56.3 Å². The van der Waals surface area contributed by atoms with Crippen LogP contribution in [0.25, 0.3) is 16.6 Å². The van der Waals surface area contributed by atoms with E-state index in [2.05, 4.69) is 27.4 Å². The minimum atomic E-state index is -0.00875. The van der Waals surface area contributed by atoms with Gasteiger partial charge >= 0.3 is 6.03 Å². The molecule has 0 atom stereocenters. The number of urea groups is 1. The number of rotatable bonds is 3. The second-order valence-corrected chi connectivity index (χ2v) is 7.75. The molecule has 0 radical (unpaired) electrons. The Labute approximate surface area is 164 Å². The van der Waals surface area contributed by atoms with Crippen molar-refractivity contribution in [3.8, 4) is 5.69 Å². The Kier molecular flexibility index (Phi) is 4.49. The predicted molar refractivity (Wildman–Crippen MR) is 111 cm³/mol. The molecule has 6 nitrogen and oxygen atoms in total. The van der Waals surface area contributed by atoms with Gasteiger partial charge in [0, 0.05) is 30.2 Å². The second-order valence-electron chi connectivity index (χ2n) is 7.75. The molecule has 28 heavy (non-hydrogen) atoms. The van der Waals surface area contributed by atoms with Crippen molar-refractivity contribution in [1.82, 2.24) is 19.6 Å². The zero-order chi connectivity index (χ0) is 18.9. The van der Waals surface area contributed by atoms with Crippen molar-refractivity contribution >= 4 is 22.6 Å². The largest absolute Gasteiger partial charge is 0.321 e. The van der Waals surface area contributed by atoms with Gasteiger partial charge in [0.2, 0.25) is 0 Å². The molecule has 6 heteroatoms. The van der Waals surface area contributed by atoms with Crippen LogP contribution < -0.4 is 5.32 Å². The molecule has 0 spiro atoms. The average molecular weight is 375 g/mol. The summed E-state index contributed by atoms with van der Waals surface area (Å²) < 4.78 is 1.92. The minimum absolute atomic E-state index is 0.00875. The first-order valence-electron chi connectivity index (χ1n) is 10.1. The summed E-state index contributed by atoms with van der Waals surface area (Å²) in [6, 6.07) is 16.5. The third kappa shape index (κ3) is 3.24. The summed E-state index contributed by atoms with van der Waals surface area (Å²) in [5, 5.41) is 8.60. The molecular weight excluding hydrogens is 350 g/mol. The maximum Gasteiger partial charge on any atom is 0.321 e. The Balaban J connectivity index is 1.20. The fourth-order valence-corrected chi connectivity index (χ4v) is 4.20. The van der Waals surface area contributed by atoms with Crippen molar-refractivity contribution in [2.45, 2.75) is 25.3 Å². The highest BCUT2D eigenvalue weighted by atomic mass is 16.2. The number of hydrogen-bond donors (Lipinski definition) is 1. The van der Waals surface area contributed by atoms with Gasteiger partial charge in [0.05, 0.1) is 17.4 Å². The lowest BCUT2D eigenvalue weighted by molar-refractivity contribution is 0.0493. The number of benzene rings is 2. The monoisotopic (exact) mass is 375 g/mol. The maximum atomic E-state index is 12.5. The average Bonchev–Trinajstić information content (AvgIpc) is 3.12. The highest BCUT2D eigenvalue weighted by molar-refractivity contribution is 5.90. The van der Waals surface area contributed by atoms with Crippen molar-refractivity contribution in [3.63, 3.8) is 0 Å². The molecule has 0 bridgehead atoms. The van der Waals surface area contributed by atoms with Gasteiger partial charge in [-0.3, -0.25) is 4.90 Å². The van der Waals surface area contributed by atoms with Crippen LogP contribution in [0.5, 0.6) is 0 Å². The molecule has 0 aliphatic carbocycles. The molecule has 0 unspecified atom stereocenters. The first kappa shape index (κ1) is 17.3. The van der Waals surface area contributed by atoms with Crippen LogP contribution in [0.2, 0.25) is 0 Å². The zero-order valence-corrected chi connectivity index (χ0v) is 15.9. The summed E-state index contributed by atoms with van der Waals surface area (Å²) in [5.41, 5.74) is 2.86. The molecule has 144 valence electrons. The van der Waals surface area contributed by atoms with Crippen LogP contribution in [0.1, 0.15) is 19.3 Å². The molecule has 2 aliphatic rings. The number of hydrogen-bond acceptors (Lipinski definition) is 3. The van der Waals surface area contributed by atoms with Crippen LogP contribution in [-0.4, -0.2) is 57.8 Å². The smallest absolute Gasteiger partial charge is 0.321 e. The van der Waals surface area contributed by atoms with Crippen LogP contribution >= 0.6 is 0 Å². The second kappa shape index (κ2) is 7.28. The lowest BCUT2D eigenvalue weighted by atomic mass is 10.0. The summed E-state index contributed by atoms with van der Waals surface area (Å²) in [6.45, 7) is 4.04. The third-order valence-electron chi connectivity index (χ3n) is 5.90. The Morgan fingerprint density at radius 3 is 2.50 bits per heavy atom. The fraction of sp³-hybridized carbons (Fsp3) is 0.364. The van der Waals surface area contributed by atoms with Crippen LogP contribution in [-0.2, 0) is 0 Å². The Hall–Kier alpha value is -2.86. The number of amides is 2. The zero-order valence-electron chi connectivity index (χ0n) is 15.9. The fourth-order valence-electron chi connectivity index (χ4n) is 4.20. The van der Waals surface area contributed by atoms with Gasteiger partial charge in [0.15, 0.2) is 0 Å². The van der Waals surface area contributed by atoms with Crippen LogP contribution in [0.4, 0.5) is 10.5 Å². The van der Waals surface area contributed by atoms with Crippen LogP contribution in [0.3, 0.4) is 0 Å². The van der Waals surface area contributed by atoms with E-state index in [9.17, 15) is 4.79 Å². The molecule has 1 aromatic heterocycles. The Bertz CT molecular complexity index is 968. The van der Waals surface area contributed by atoms with E-state index in [1.54, 1.807) is 0 Å². The number of nitrogens with zero attached hydrogens (tertiary/aromatic N) is 4. The number of para-hydroxylation sites is 1. The van der Waals surface area contributed by atoms with E-state index in [4.69, 9.17) is 0 Å². The van der Waals surface area contributed by atoms with Gasteiger partial charge in [-0.1, -0.05) is 24.6 Å². The normalized spacial score (nSPS) is 18.2. The lowest BCUT2D eigenvalue weighted by Crippen LogP contribution is -2.62. The number of fused-ring (bicyclic) bond motifs is 1. The molecule has 2 aromatic carbocycles. The maximum absolute atomic E-state index is 12.5. The van der Waals surface area contributed by atoms with Gasteiger partial charge in [-0.25, -0.2) is 9.48 Å². The van der Waals surface area contributed by atoms with Gasteiger partial charge < -0.3 is 10.2 Å². The summed E-state index contributed by atoms with van der Waals surface area (Å²) >= 11 is 0. The molecule has 3 aromatic rings. The predicted octanol–water partition coefficient (Wildman–Crippen LogP) is 3.73. The first-order chi connectivity index (χ1) is 13.8. The number of likely N-dealkylation sites (tertiary alicyclic amines) is 2. The highest BCUT2D eigenvalue weighted by Crippen LogP contribution is 2.22. The third-order valence-corrected chi connectivity index (χ3v) is 5.90. The standard InChI is InChI=1S/C22H25N5O/c28-22(26-15-20(16-26)25-12-4-1-5-13-25)24-18-8-10-19(11-9-18)27-21-7-3-2-6-17(21)14-23-27/h2-3,6-11,14,20H,1,4-5,12-13,15-16H2,(H,24,28). The Morgan fingerprint density at radius 2 is 1.71 bits per heavy atom. The molecule has 2 aliphatic heterocycles.